The average Bonchev–Trinajstić information content (AvgIpc) is 2.70. The molecule has 0 aliphatic rings. The van der Waals surface area contributed by atoms with E-state index in [0.717, 1.165) is 17.9 Å². The number of nitrogens with zero attached hydrogens (tertiary/aromatic N) is 3. The molecule has 0 aliphatic carbocycles. The number of nitrogens with one attached hydrogen (secondary N) is 1. The third-order valence-electron chi connectivity index (χ3n) is 3.28. The van der Waals surface area contributed by atoms with Crippen LogP contribution in [0.4, 0.5) is 5.82 Å². The molecule has 0 aliphatic heterocycles. The van der Waals surface area contributed by atoms with Crippen molar-refractivity contribution < 1.29 is 0 Å². The first-order chi connectivity index (χ1) is 9.17. The van der Waals surface area contributed by atoms with Crippen LogP contribution in [0.3, 0.4) is 0 Å². The molecule has 0 amide bonds. The molecule has 0 saturated heterocycles. The van der Waals surface area contributed by atoms with E-state index in [1.54, 1.807) is 4.68 Å². The first-order valence-electron chi connectivity index (χ1n) is 6.41. The molecule has 0 fully saturated rings. The van der Waals surface area contributed by atoms with Crippen molar-refractivity contribution in [3.63, 3.8) is 0 Å². The van der Waals surface area contributed by atoms with E-state index >= 15 is 0 Å². The van der Waals surface area contributed by atoms with Crippen molar-refractivity contribution in [3.8, 4) is 6.07 Å². The molecular weight excluding hydrogens is 236 g/mol. The number of aryl methyl sites for hydroxylation is 3. The molecule has 1 N–H and O–H groups in total. The number of benzene rings is 1. The molecule has 0 unspecified atom stereocenters. The summed E-state index contributed by atoms with van der Waals surface area (Å²) in [5, 5.41) is 16.8. The van der Waals surface area contributed by atoms with Crippen molar-refractivity contribution in [1.82, 2.24) is 9.78 Å². The predicted molar refractivity (Wildman–Crippen MR) is 75.8 cm³/mol. The van der Waals surface area contributed by atoms with Crippen molar-refractivity contribution in [2.24, 2.45) is 7.05 Å². The Labute approximate surface area is 113 Å². The lowest BCUT2D eigenvalue weighted by molar-refractivity contribution is 0.757. The lowest BCUT2D eigenvalue weighted by atomic mass is 10.1. The summed E-state index contributed by atoms with van der Waals surface area (Å²) in [5.41, 5.74) is 3.97. The van der Waals surface area contributed by atoms with E-state index in [1.165, 1.54) is 11.1 Å². The van der Waals surface area contributed by atoms with Gasteiger partial charge in [0.05, 0.1) is 5.69 Å². The molecule has 4 heteroatoms. The highest BCUT2D eigenvalue weighted by molar-refractivity contribution is 5.55. The molecule has 0 bridgehead atoms. The largest absolute Gasteiger partial charge is 0.365 e. The quantitative estimate of drug-likeness (QED) is 0.912. The van der Waals surface area contributed by atoms with Crippen LogP contribution in [0.2, 0.25) is 0 Å². The Morgan fingerprint density at radius 3 is 2.63 bits per heavy atom. The molecule has 4 nitrogen and oxygen atoms in total. The molecule has 19 heavy (non-hydrogen) atoms. The average molecular weight is 254 g/mol. The van der Waals surface area contributed by atoms with Gasteiger partial charge >= 0.3 is 0 Å². The maximum atomic E-state index is 9.17. The molecule has 1 aromatic heterocycles. The summed E-state index contributed by atoms with van der Waals surface area (Å²) in [6, 6.07) is 10.5. The van der Waals surface area contributed by atoms with Crippen molar-refractivity contribution >= 4 is 5.82 Å². The maximum absolute atomic E-state index is 9.17. The zero-order valence-electron chi connectivity index (χ0n) is 11.6. The van der Waals surface area contributed by atoms with Crippen molar-refractivity contribution in [2.45, 2.75) is 26.8 Å². The Bertz CT molecular complexity index is 620. The summed E-state index contributed by atoms with van der Waals surface area (Å²) in [5.74, 6) is 0.783. The molecular formula is C15H18N4. The van der Waals surface area contributed by atoms with E-state index < -0.39 is 0 Å². The van der Waals surface area contributed by atoms with E-state index in [4.69, 9.17) is 5.26 Å². The minimum Gasteiger partial charge on any atom is -0.365 e. The SMILES string of the molecule is CCc1ccccc1CNc1c(C#N)c(C)nn1C. The Hall–Kier alpha value is -2.28. The minimum absolute atomic E-state index is 0.622. The maximum Gasteiger partial charge on any atom is 0.142 e. The number of nitriles is 1. The van der Waals surface area contributed by atoms with E-state index in [9.17, 15) is 0 Å². The van der Waals surface area contributed by atoms with Gasteiger partial charge in [0.15, 0.2) is 0 Å². The van der Waals surface area contributed by atoms with Gasteiger partial charge in [0.1, 0.15) is 17.5 Å². The van der Waals surface area contributed by atoms with Crippen molar-refractivity contribution in [3.05, 3.63) is 46.6 Å². The minimum atomic E-state index is 0.622. The summed E-state index contributed by atoms with van der Waals surface area (Å²) < 4.78 is 1.72. The lowest BCUT2D eigenvalue weighted by Gasteiger charge is -2.10. The van der Waals surface area contributed by atoms with E-state index in [-0.39, 0.29) is 0 Å². The normalized spacial score (nSPS) is 10.2. The van der Waals surface area contributed by atoms with Gasteiger partial charge in [0.2, 0.25) is 0 Å². The fourth-order valence-corrected chi connectivity index (χ4v) is 2.25. The molecule has 1 aromatic carbocycles. The van der Waals surface area contributed by atoms with Gasteiger partial charge in [-0.1, -0.05) is 31.2 Å². The molecule has 1 heterocycles. The van der Waals surface area contributed by atoms with Crippen LogP contribution in [-0.2, 0) is 20.0 Å². The molecule has 0 radical (unpaired) electrons. The zero-order valence-corrected chi connectivity index (χ0v) is 11.6. The second kappa shape index (κ2) is 5.57. The van der Waals surface area contributed by atoms with Gasteiger partial charge < -0.3 is 5.32 Å². The van der Waals surface area contributed by atoms with Gasteiger partial charge in [-0.25, -0.2) is 0 Å². The molecule has 0 atom stereocenters. The summed E-state index contributed by atoms with van der Waals surface area (Å²) in [7, 11) is 1.85. The number of hydrogen-bond acceptors (Lipinski definition) is 3. The molecule has 98 valence electrons. The van der Waals surface area contributed by atoms with Crippen molar-refractivity contribution in [2.75, 3.05) is 5.32 Å². The highest BCUT2D eigenvalue weighted by Gasteiger charge is 2.12. The summed E-state index contributed by atoms with van der Waals surface area (Å²) in [4.78, 5) is 0. The van der Waals surface area contributed by atoms with Gasteiger partial charge in [-0.15, -0.1) is 0 Å². The highest BCUT2D eigenvalue weighted by atomic mass is 15.3. The molecule has 0 spiro atoms. The lowest BCUT2D eigenvalue weighted by Crippen LogP contribution is -2.07. The van der Waals surface area contributed by atoms with Gasteiger partial charge in [-0.2, -0.15) is 10.4 Å². The van der Waals surface area contributed by atoms with Crippen LogP contribution in [0.25, 0.3) is 0 Å². The smallest absolute Gasteiger partial charge is 0.142 e. The summed E-state index contributed by atoms with van der Waals surface area (Å²) in [6.07, 6.45) is 1.01. The van der Waals surface area contributed by atoms with Gasteiger partial charge in [0, 0.05) is 13.6 Å². The van der Waals surface area contributed by atoms with Crippen molar-refractivity contribution in [1.29, 1.82) is 5.26 Å². The predicted octanol–water partition coefficient (Wildman–Crippen LogP) is 2.77. The zero-order chi connectivity index (χ0) is 13.8. The topological polar surface area (TPSA) is 53.6 Å². The van der Waals surface area contributed by atoms with Gasteiger partial charge in [-0.3, -0.25) is 4.68 Å². The van der Waals surface area contributed by atoms with Gasteiger partial charge in [-0.05, 0) is 24.5 Å². The Balaban J connectivity index is 2.22. The van der Waals surface area contributed by atoms with Crippen LogP contribution in [-0.4, -0.2) is 9.78 Å². The molecule has 2 rings (SSSR count). The van der Waals surface area contributed by atoms with Crippen LogP contribution in [0.15, 0.2) is 24.3 Å². The van der Waals surface area contributed by atoms with E-state index in [1.807, 2.05) is 20.0 Å². The Morgan fingerprint density at radius 2 is 2.00 bits per heavy atom. The molecule has 0 saturated carbocycles. The van der Waals surface area contributed by atoms with E-state index in [0.29, 0.717) is 12.1 Å². The third kappa shape index (κ3) is 2.60. The Morgan fingerprint density at radius 1 is 1.32 bits per heavy atom. The monoisotopic (exact) mass is 254 g/mol. The fourth-order valence-electron chi connectivity index (χ4n) is 2.25. The van der Waals surface area contributed by atoms with E-state index in [2.05, 4.69) is 41.6 Å². The van der Waals surface area contributed by atoms with Crippen LogP contribution >= 0.6 is 0 Å². The summed E-state index contributed by atoms with van der Waals surface area (Å²) >= 11 is 0. The van der Waals surface area contributed by atoms with Crippen LogP contribution in [0, 0.1) is 18.3 Å². The Kier molecular flexibility index (Phi) is 3.86. The fraction of sp³-hybridized carbons (Fsp3) is 0.333. The first-order valence-corrected chi connectivity index (χ1v) is 6.41. The first kappa shape index (κ1) is 13.2. The second-order valence-electron chi connectivity index (χ2n) is 4.52. The summed E-state index contributed by atoms with van der Waals surface area (Å²) in [6.45, 7) is 4.70. The van der Waals surface area contributed by atoms with Gasteiger partial charge in [0.25, 0.3) is 0 Å². The van der Waals surface area contributed by atoms with Crippen LogP contribution in [0.5, 0.6) is 0 Å². The number of aromatic nitrogens is 2. The number of rotatable bonds is 4. The highest BCUT2D eigenvalue weighted by Crippen LogP contribution is 2.19. The standard InChI is InChI=1S/C15H18N4/c1-4-12-7-5-6-8-13(12)10-17-15-14(9-16)11(2)18-19(15)3/h5-8,17H,4,10H2,1-3H3. The van der Waals surface area contributed by atoms with Crippen LogP contribution in [0.1, 0.15) is 29.3 Å². The molecule has 2 aromatic rings. The second-order valence-corrected chi connectivity index (χ2v) is 4.52. The number of hydrogen-bond donors (Lipinski definition) is 1. The third-order valence-corrected chi connectivity index (χ3v) is 3.28. The number of anilines is 1. The van der Waals surface area contributed by atoms with Crippen LogP contribution < -0.4 is 5.32 Å².